The Kier molecular flexibility index (Phi) is 9.46. The number of rotatable bonds is 9. The molecule has 9 atom stereocenters. The molecule has 4 N–H and O–H groups in total. The van der Waals surface area contributed by atoms with E-state index >= 15 is 0 Å². The van der Waals surface area contributed by atoms with Crippen LogP contribution >= 0.6 is 11.8 Å². The van der Waals surface area contributed by atoms with Crippen molar-refractivity contribution in [2.24, 2.45) is 45.7 Å². The zero-order valence-corrected chi connectivity index (χ0v) is 26.2. The molecule has 0 radical (unpaired) electrons. The van der Waals surface area contributed by atoms with Crippen molar-refractivity contribution in [3.05, 3.63) is 12.7 Å². The fourth-order valence-electron chi connectivity index (χ4n) is 7.72. The Labute approximate surface area is 239 Å². The molecule has 222 valence electrons. The third-order valence-electron chi connectivity index (χ3n) is 10.9. The van der Waals surface area contributed by atoms with Gasteiger partial charge in [0, 0.05) is 34.5 Å². The molecule has 1 amide bonds. The van der Waals surface area contributed by atoms with Crippen LogP contribution < -0.4 is 11.1 Å². The lowest BCUT2D eigenvalue weighted by molar-refractivity contribution is -0.205. The highest BCUT2D eigenvalue weighted by atomic mass is 32.2. The molecule has 3 saturated carbocycles. The lowest BCUT2D eigenvalue weighted by Crippen LogP contribution is -2.63. The van der Waals surface area contributed by atoms with E-state index in [2.05, 4.69) is 32.7 Å². The number of hydrogen-bond acceptors (Lipinski definition) is 7. The van der Waals surface area contributed by atoms with E-state index in [9.17, 15) is 19.5 Å². The number of carbonyl (C=O) groups is 3. The van der Waals surface area contributed by atoms with Gasteiger partial charge in [0.15, 0.2) is 0 Å². The molecule has 0 aromatic heterocycles. The van der Waals surface area contributed by atoms with E-state index in [-0.39, 0.29) is 52.5 Å². The van der Waals surface area contributed by atoms with Crippen molar-refractivity contribution >= 4 is 29.4 Å². The van der Waals surface area contributed by atoms with Gasteiger partial charge in [0.2, 0.25) is 5.91 Å². The smallest absolute Gasteiger partial charge is 0.316 e. The van der Waals surface area contributed by atoms with Gasteiger partial charge in [0.25, 0.3) is 0 Å². The van der Waals surface area contributed by atoms with Crippen molar-refractivity contribution in [3.8, 4) is 0 Å². The van der Waals surface area contributed by atoms with Crippen molar-refractivity contribution in [2.45, 2.75) is 110 Å². The molecule has 3 aliphatic rings. The Balaban J connectivity index is 1.82. The van der Waals surface area contributed by atoms with Gasteiger partial charge in [-0.05, 0) is 62.7 Å². The third kappa shape index (κ3) is 5.85. The zero-order valence-electron chi connectivity index (χ0n) is 25.3. The summed E-state index contributed by atoms with van der Waals surface area (Å²) in [6.07, 6.45) is 4.17. The van der Waals surface area contributed by atoms with Crippen molar-refractivity contribution in [2.75, 3.05) is 12.3 Å². The number of Topliss-reactive ketones (excluding diaryl/α,β-unsaturated/α-hetero) is 1. The highest BCUT2D eigenvalue weighted by Crippen LogP contribution is 2.68. The molecular formula is C31H52N2O5S. The van der Waals surface area contributed by atoms with Crippen molar-refractivity contribution in [1.82, 2.24) is 5.32 Å². The topological polar surface area (TPSA) is 119 Å². The number of hydrogen-bond donors (Lipinski definition) is 3. The summed E-state index contributed by atoms with van der Waals surface area (Å²) in [5.41, 5.74) is 4.49. The maximum atomic E-state index is 13.5. The average molecular weight is 565 g/mol. The average Bonchev–Trinajstić information content (AvgIpc) is 3.24. The van der Waals surface area contributed by atoms with Crippen LogP contribution in [0, 0.1) is 39.9 Å². The van der Waals surface area contributed by atoms with E-state index in [4.69, 9.17) is 10.5 Å². The summed E-state index contributed by atoms with van der Waals surface area (Å²) in [6.45, 7) is 20.7. The number of ether oxygens (including phenoxy) is 1. The quantitative estimate of drug-likeness (QED) is 0.279. The molecule has 0 aromatic carbocycles. The molecule has 3 rings (SSSR count). The summed E-state index contributed by atoms with van der Waals surface area (Å²) >= 11 is 1.43. The summed E-state index contributed by atoms with van der Waals surface area (Å²) in [4.78, 5) is 39.2. The molecule has 3 aliphatic carbocycles. The van der Waals surface area contributed by atoms with E-state index in [1.807, 2.05) is 40.7 Å². The molecule has 3 fully saturated rings. The van der Waals surface area contributed by atoms with Gasteiger partial charge >= 0.3 is 5.97 Å². The predicted octanol–water partition coefficient (Wildman–Crippen LogP) is 4.50. The van der Waals surface area contributed by atoms with E-state index in [1.54, 1.807) is 0 Å². The molecule has 0 heterocycles. The van der Waals surface area contributed by atoms with Crippen molar-refractivity contribution < 1.29 is 24.2 Å². The Morgan fingerprint density at radius 1 is 1.28 bits per heavy atom. The molecule has 0 aromatic rings. The number of amides is 1. The summed E-state index contributed by atoms with van der Waals surface area (Å²) < 4.78 is 5.92. The summed E-state index contributed by atoms with van der Waals surface area (Å²) in [5, 5.41) is 14.6. The first-order valence-electron chi connectivity index (χ1n) is 14.7. The SMILES string of the molecule is C=C[C@]1(C)C[C@@H](OC(=O)CSC(C)(C)CNC(=O)[C@H](N)C(C)C)[C@]2(C)[C@H](C)CC[C@@]3(CCC(=O)[C@H]32)[C@@H](C)[C@@H]1O. The molecule has 0 saturated heterocycles. The van der Waals surface area contributed by atoms with Gasteiger partial charge in [-0.25, -0.2) is 0 Å². The first-order chi connectivity index (χ1) is 17.9. The molecule has 0 spiro atoms. The maximum Gasteiger partial charge on any atom is 0.316 e. The van der Waals surface area contributed by atoms with Gasteiger partial charge in [-0.2, -0.15) is 0 Å². The largest absolute Gasteiger partial charge is 0.461 e. The second-order valence-corrected chi connectivity index (χ2v) is 15.8. The number of ketones is 1. The highest BCUT2D eigenvalue weighted by molar-refractivity contribution is 8.01. The van der Waals surface area contributed by atoms with E-state index < -0.39 is 33.8 Å². The summed E-state index contributed by atoms with van der Waals surface area (Å²) in [7, 11) is 0. The number of esters is 1. The minimum Gasteiger partial charge on any atom is -0.461 e. The van der Waals surface area contributed by atoms with Gasteiger partial charge < -0.3 is 20.9 Å². The lowest BCUT2D eigenvalue weighted by Gasteiger charge is -2.61. The van der Waals surface area contributed by atoms with Gasteiger partial charge in [-0.3, -0.25) is 14.4 Å². The Morgan fingerprint density at radius 2 is 1.92 bits per heavy atom. The monoisotopic (exact) mass is 564 g/mol. The maximum absolute atomic E-state index is 13.5. The molecule has 7 nitrogen and oxygen atoms in total. The van der Waals surface area contributed by atoms with Crippen LogP contribution in [0.5, 0.6) is 0 Å². The molecule has 0 unspecified atom stereocenters. The molecule has 2 bridgehead atoms. The van der Waals surface area contributed by atoms with Crippen LogP contribution in [0.4, 0.5) is 0 Å². The van der Waals surface area contributed by atoms with Crippen LogP contribution in [-0.2, 0) is 19.1 Å². The Hall–Kier alpha value is -1.38. The third-order valence-corrected chi connectivity index (χ3v) is 12.2. The number of nitrogens with one attached hydrogen (secondary N) is 1. The summed E-state index contributed by atoms with van der Waals surface area (Å²) in [6, 6.07) is -0.573. The van der Waals surface area contributed by atoms with Crippen LogP contribution in [0.15, 0.2) is 12.7 Å². The molecule has 0 aliphatic heterocycles. The van der Waals surface area contributed by atoms with Crippen LogP contribution in [-0.4, -0.2) is 58.1 Å². The van der Waals surface area contributed by atoms with Crippen LogP contribution in [0.2, 0.25) is 0 Å². The highest BCUT2D eigenvalue weighted by Gasteiger charge is 2.68. The fourth-order valence-corrected chi connectivity index (χ4v) is 8.47. The Morgan fingerprint density at radius 3 is 2.51 bits per heavy atom. The number of aliphatic hydroxyl groups is 1. The standard InChI is InChI=1S/C31H52N2O5S/c1-10-29(8)15-22(38-23(35)16-39-28(6,7)17-33-27(37)24(32)18(2)3)30(9)19(4)11-13-31(20(5)26(29)36)14-12-21(34)25(30)31/h10,18-20,22,24-26,36H,1,11-17,32H2,2-9H3,(H,33,37)/t19-,20+,22-,24-,25+,26+,29-,30+,31-/m1/s1. The number of thioether (sulfide) groups is 1. The second kappa shape index (κ2) is 11.5. The normalized spacial score (nSPS) is 39.4. The zero-order chi connectivity index (χ0) is 29.6. The summed E-state index contributed by atoms with van der Waals surface area (Å²) in [5.74, 6) is -0.243. The van der Waals surface area contributed by atoms with Gasteiger partial charge in [0.05, 0.1) is 17.9 Å². The number of aliphatic hydroxyl groups excluding tert-OH is 1. The first kappa shape index (κ1) is 32.1. The minimum absolute atomic E-state index is 0.0382. The van der Waals surface area contributed by atoms with E-state index in [1.165, 1.54) is 11.8 Å². The van der Waals surface area contributed by atoms with Crippen molar-refractivity contribution in [1.29, 1.82) is 0 Å². The lowest BCUT2D eigenvalue weighted by atomic mass is 9.44. The van der Waals surface area contributed by atoms with Crippen molar-refractivity contribution in [3.63, 3.8) is 0 Å². The van der Waals surface area contributed by atoms with Gasteiger partial charge in [0.1, 0.15) is 11.9 Å². The first-order valence-corrected chi connectivity index (χ1v) is 15.6. The van der Waals surface area contributed by atoms with Crippen LogP contribution in [0.1, 0.15) is 87.5 Å². The van der Waals surface area contributed by atoms with Gasteiger partial charge in [-0.1, -0.05) is 47.6 Å². The predicted molar refractivity (Wildman–Crippen MR) is 157 cm³/mol. The second-order valence-electron chi connectivity index (χ2n) is 14.1. The number of nitrogens with two attached hydrogens (primary N) is 1. The van der Waals surface area contributed by atoms with E-state index in [0.717, 1.165) is 19.3 Å². The van der Waals surface area contributed by atoms with E-state index in [0.29, 0.717) is 19.4 Å². The number of carbonyl (C=O) groups excluding carboxylic acids is 3. The van der Waals surface area contributed by atoms with Crippen LogP contribution in [0.25, 0.3) is 0 Å². The molecular weight excluding hydrogens is 512 g/mol. The van der Waals surface area contributed by atoms with Crippen LogP contribution in [0.3, 0.4) is 0 Å². The fraction of sp³-hybridized carbons (Fsp3) is 0.839. The minimum atomic E-state index is -0.684. The molecule has 8 heteroatoms. The van der Waals surface area contributed by atoms with Gasteiger partial charge in [-0.15, -0.1) is 18.3 Å². The Bertz CT molecular complexity index is 969. The molecule has 39 heavy (non-hydrogen) atoms.